The molecule has 0 radical (unpaired) electrons. The molecule has 146 valence electrons. The van der Waals surface area contributed by atoms with Crippen molar-refractivity contribution in [2.75, 3.05) is 0 Å². The van der Waals surface area contributed by atoms with Crippen LogP contribution in [0.5, 0.6) is 0 Å². The number of nitriles is 1. The van der Waals surface area contributed by atoms with Crippen molar-refractivity contribution in [2.45, 2.75) is 36.9 Å². The minimum absolute atomic E-state index is 0.266. The first kappa shape index (κ1) is 20.0. The van der Waals surface area contributed by atoms with Crippen molar-refractivity contribution in [3.05, 3.63) is 75.9 Å². The Labute approximate surface area is 160 Å². The van der Waals surface area contributed by atoms with E-state index in [0.717, 1.165) is 11.1 Å². The van der Waals surface area contributed by atoms with Crippen LogP contribution in [0.1, 0.15) is 22.6 Å². The van der Waals surface area contributed by atoms with Gasteiger partial charge in [0.15, 0.2) is 6.10 Å². The third-order valence-electron chi connectivity index (χ3n) is 4.50. The Hall–Kier alpha value is -2.79. The highest BCUT2D eigenvalue weighted by atomic mass is 32.2. The summed E-state index contributed by atoms with van der Waals surface area (Å²) in [6, 6.07) is 13.5. The highest BCUT2D eigenvalue weighted by molar-refractivity contribution is 7.95. The van der Waals surface area contributed by atoms with Crippen LogP contribution >= 0.6 is 0 Å². The van der Waals surface area contributed by atoms with E-state index in [1.165, 1.54) is 36.4 Å². The molecular weight excluding hydrogens is 391 g/mol. The van der Waals surface area contributed by atoms with Crippen molar-refractivity contribution in [3.8, 4) is 6.07 Å². The van der Waals surface area contributed by atoms with Crippen molar-refractivity contribution >= 4 is 9.84 Å². The average Bonchev–Trinajstić information content (AvgIpc) is 3.03. The number of halogens is 3. The average molecular weight is 407 g/mol. The maximum Gasteiger partial charge on any atom is 0.450 e. The van der Waals surface area contributed by atoms with E-state index >= 15 is 0 Å². The van der Waals surface area contributed by atoms with Gasteiger partial charge in [-0.3, -0.25) is 0 Å². The van der Waals surface area contributed by atoms with Gasteiger partial charge >= 0.3 is 6.18 Å². The van der Waals surface area contributed by atoms with E-state index in [1.807, 2.05) is 0 Å². The minimum Gasteiger partial charge on any atom is -0.468 e. The standard InChI is InChI=1S/C20H16F3NO3S/c1-12-3-7-14(8-4-12)17-16(11-24)27-19(20(21,22)23)18(17)28(25,26)15-9-5-13(2)6-10-15/h3-10,16-17H,1-2H3/t16-,17-/m0/s1. The van der Waals surface area contributed by atoms with Crippen molar-refractivity contribution in [1.82, 2.24) is 0 Å². The van der Waals surface area contributed by atoms with Crippen LogP contribution in [-0.4, -0.2) is 20.7 Å². The third kappa shape index (κ3) is 3.50. The summed E-state index contributed by atoms with van der Waals surface area (Å²) in [5.41, 5.74) is 1.87. The molecule has 0 amide bonds. The summed E-state index contributed by atoms with van der Waals surface area (Å²) in [5, 5.41) is 9.36. The van der Waals surface area contributed by atoms with Crippen LogP contribution in [0.2, 0.25) is 0 Å². The number of hydrogen-bond acceptors (Lipinski definition) is 4. The van der Waals surface area contributed by atoms with Gasteiger partial charge in [-0.1, -0.05) is 47.5 Å². The fourth-order valence-corrected chi connectivity index (χ4v) is 4.82. The Morgan fingerprint density at radius 1 is 0.964 bits per heavy atom. The lowest BCUT2D eigenvalue weighted by Crippen LogP contribution is -2.19. The van der Waals surface area contributed by atoms with Gasteiger partial charge in [-0.2, -0.15) is 18.4 Å². The maximum absolute atomic E-state index is 13.6. The quantitative estimate of drug-likeness (QED) is 0.748. The summed E-state index contributed by atoms with van der Waals surface area (Å²) in [5.74, 6) is -3.02. The van der Waals surface area contributed by atoms with E-state index in [-0.39, 0.29) is 10.5 Å². The normalized spacial score (nSPS) is 20.0. The van der Waals surface area contributed by atoms with Crippen LogP contribution in [0, 0.1) is 25.2 Å². The van der Waals surface area contributed by atoms with E-state index in [9.17, 15) is 26.9 Å². The number of hydrogen-bond donors (Lipinski definition) is 0. The number of rotatable bonds is 3. The molecule has 1 aliphatic heterocycles. The molecule has 2 aromatic carbocycles. The summed E-state index contributed by atoms with van der Waals surface area (Å²) >= 11 is 0. The van der Waals surface area contributed by atoms with Crippen molar-refractivity contribution < 1.29 is 26.3 Å². The Balaban J connectivity index is 2.27. The highest BCUT2D eigenvalue weighted by Gasteiger charge is 2.53. The molecule has 0 spiro atoms. The van der Waals surface area contributed by atoms with Gasteiger partial charge in [0.05, 0.1) is 10.8 Å². The predicted octanol–water partition coefficient (Wildman–Crippen LogP) is 4.56. The lowest BCUT2D eigenvalue weighted by molar-refractivity contribution is -0.130. The zero-order valence-electron chi connectivity index (χ0n) is 15.0. The van der Waals surface area contributed by atoms with Gasteiger partial charge in [0.1, 0.15) is 11.0 Å². The van der Waals surface area contributed by atoms with Gasteiger partial charge in [0.2, 0.25) is 15.6 Å². The van der Waals surface area contributed by atoms with Crippen molar-refractivity contribution in [3.63, 3.8) is 0 Å². The van der Waals surface area contributed by atoms with Crippen LogP contribution in [-0.2, 0) is 14.6 Å². The lowest BCUT2D eigenvalue weighted by atomic mass is 9.94. The highest BCUT2D eigenvalue weighted by Crippen LogP contribution is 2.48. The number of allylic oxidation sites excluding steroid dienone is 1. The van der Waals surface area contributed by atoms with Crippen LogP contribution in [0.15, 0.2) is 64.1 Å². The monoisotopic (exact) mass is 407 g/mol. The molecule has 0 aromatic heterocycles. The number of ether oxygens (including phenoxy) is 1. The molecule has 1 heterocycles. The second-order valence-electron chi connectivity index (χ2n) is 6.56. The van der Waals surface area contributed by atoms with Gasteiger partial charge in [0, 0.05) is 0 Å². The summed E-state index contributed by atoms with van der Waals surface area (Å²) in [7, 11) is -4.55. The summed E-state index contributed by atoms with van der Waals surface area (Å²) in [6.45, 7) is 3.52. The summed E-state index contributed by atoms with van der Waals surface area (Å²) in [4.78, 5) is -1.21. The molecule has 2 atom stereocenters. The molecule has 28 heavy (non-hydrogen) atoms. The largest absolute Gasteiger partial charge is 0.468 e. The molecule has 0 saturated heterocycles. The van der Waals surface area contributed by atoms with E-state index in [2.05, 4.69) is 0 Å². The Morgan fingerprint density at radius 2 is 1.46 bits per heavy atom. The fraction of sp³-hybridized carbons (Fsp3) is 0.250. The first-order chi connectivity index (χ1) is 13.1. The Kier molecular flexibility index (Phi) is 4.98. The van der Waals surface area contributed by atoms with Gasteiger partial charge in [-0.25, -0.2) is 8.42 Å². The molecule has 3 rings (SSSR count). The molecular formula is C20H16F3NO3S. The SMILES string of the molecule is Cc1ccc([C@@H]2C(S(=O)(=O)c3ccc(C)cc3)=C(C(F)(F)F)O[C@H]2C#N)cc1. The topological polar surface area (TPSA) is 67.2 Å². The molecule has 0 aliphatic carbocycles. The van der Waals surface area contributed by atoms with Crippen molar-refractivity contribution in [1.29, 1.82) is 5.26 Å². The molecule has 1 aliphatic rings. The Bertz CT molecular complexity index is 1060. The zero-order chi connectivity index (χ0) is 20.7. The van der Waals surface area contributed by atoms with Crippen LogP contribution < -0.4 is 0 Å². The van der Waals surface area contributed by atoms with Crippen LogP contribution in [0.25, 0.3) is 0 Å². The minimum atomic E-state index is -5.05. The predicted molar refractivity (Wildman–Crippen MR) is 95.9 cm³/mol. The van der Waals surface area contributed by atoms with E-state index in [1.54, 1.807) is 32.0 Å². The number of nitrogens with zero attached hydrogens (tertiary/aromatic N) is 1. The first-order valence-corrected chi connectivity index (χ1v) is 9.80. The van der Waals surface area contributed by atoms with Crippen LogP contribution in [0.3, 0.4) is 0 Å². The molecule has 0 saturated carbocycles. The summed E-state index contributed by atoms with van der Waals surface area (Å²) in [6.07, 6.45) is -6.66. The van der Waals surface area contributed by atoms with Crippen molar-refractivity contribution in [2.24, 2.45) is 0 Å². The third-order valence-corrected chi connectivity index (χ3v) is 6.41. The Morgan fingerprint density at radius 3 is 1.93 bits per heavy atom. The first-order valence-electron chi connectivity index (χ1n) is 8.31. The second kappa shape index (κ2) is 6.99. The van der Waals surface area contributed by atoms with Gasteiger partial charge < -0.3 is 4.74 Å². The molecule has 0 bridgehead atoms. The smallest absolute Gasteiger partial charge is 0.450 e. The van der Waals surface area contributed by atoms with Crippen LogP contribution in [0.4, 0.5) is 13.2 Å². The molecule has 0 fully saturated rings. The number of aryl methyl sites for hydroxylation is 2. The van der Waals surface area contributed by atoms with E-state index in [4.69, 9.17) is 4.74 Å². The molecule has 0 N–H and O–H groups in total. The van der Waals surface area contributed by atoms with E-state index in [0.29, 0.717) is 0 Å². The number of benzene rings is 2. The molecule has 8 heteroatoms. The molecule has 0 unspecified atom stereocenters. The second-order valence-corrected chi connectivity index (χ2v) is 8.48. The summed E-state index contributed by atoms with van der Waals surface area (Å²) < 4.78 is 72.0. The van der Waals surface area contributed by atoms with Gasteiger partial charge in [-0.15, -0.1) is 0 Å². The molecule has 4 nitrogen and oxygen atoms in total. The maximum atomic E-state index is 13.6. The van der Waals surface area contributed by atoms with E-state index < -0.39 is 38.7 Å². The fourth-order valence-electron chi connectivity index (χ4n) is 3.07. The lowest BCUT2D eigenvalue weighted by Gasteiger charge is -2.17. The van der Waals surface area contributed by atoms with Gasteiger partial charge in [0.25, 0.3) is 0 Å². The number of sulfone groups is 1. The molecule has 2 aromatic rings. The number of alkyl halides is 3. The van der Waals surface area contributed by atoms with Gasteiger partial charge in [-0.05, 0) is 31.5 Å². The zero-order valence-corrected chi connectivity index (χ0v) is 15.8.